The zero-order valence-corrected chi connectivity index (χ0v) is 14.7. The first-order valence-corrected chi connectivity index (χ1v) is 8.86. The Hall–Kier alpha value is -2.11. The van der Waals surface area contributed by atoms with Gasteiger partial charge in [-0.2, -0.15) is 0 Å². The van der Waals surface area contributed by atoms with E-state index in [9.17, 15) is 4.79 Å². The van der Waals surface area contributed by atoms with Crippen molar-refractivity contribution in [2.45, 2.75) is 38.3 Å². The molecule has 1 heterocycles. The van der Waals surface area contributed by atoms with E-state index in [1.807, 2.05) is 12.1 Å². The van der Waals surface area contributed by atoms with Crippen molar-refractivity contribution in [3.63, 3.8) is 0 Å². The van der Waals surface area contributed by atoms with Crippen LogP contribution >= 0.6 is 11.6 Å². The third-order valence-electron chi connectivity index (χ3n) is 4.50. The van der Waals surface area contributed by atoms with Crippen LogP contribution in [0.25, 0.3) is 0 Å². The number of anilines is 1. The second kappa shape index (κ2) is 8.32. The summed E-state index contributed by atoms with van der Waals surface area (Å²) in [5.41, 5.74) is 7.65. The molecule has 0 aliphatic heterocycles. The maximum absolute atomic E-state index is 12.2. The standard InChI is InChI=1S/C19H22ClN3O2/c20-16-10-15(23-19(24)9-14-4-1-5-17(14)21)6-7-18(16)25-12-13-3-2-8-22-11-13/h2-3,6-8,10-11,14,17H,1,4-5,9,12,21H2,(H,23,24)/t14-,17+/m0/s1. The normalized spacial score (nSPS) is 19.6. The van der Waals surface area contributed by atoms with Gasteiger partial charge in [-0.3, -0.25) is 9.78 Å². The van der Waals surface area contributed by atoms with Gasteiger partial charge in [0.15, 0.2) is 0 Å². The molecule has 0 saturated heterocycles. The molecule has 1 aliphatic rings. The molecule has 132 valence electrons. The molecule has 1 aromatic heterocycles. The molecule has 2 atom stereocenters. The smallest absolute Gasteiger partial charge is 0.224 e. The van der Waals surface area contributed by atoms with E-state index in [-0.39, 0.29) is 17.9 Å². The van der Waals surface area contributed by atoms with E-state index in [0.717, 1.165) is 24.8 Å². The minimum atomic E-state index is -0.0255. The van der Waals surface area contributed by atoms with Crippen LogP contribution in [-0.4, -0.2) is 16.9 Å². The lowest BCUT2D eigenvalue weighted by molar-refractivity contribution is -0.117. The molecule has 25 heavy (non-hydrogen) atoms. The second-order valence-corrected chi connectivity index (χ2v) is 6.81. The molecule has 6 heteroatoms. The first-order valence-electron chi connectivity index (χ1n) is 8.48. The third-order valence-corrected chi connectivity index (χ3v) is 4.79. The van der Waals surface area contributed by atoms with Crippen LogP contribution in [0.1, 0.15) is 31.2 Å². The van der Waals surface area contributed by atoms with Crippen molar-refractivity contribution in [3.8, 4) is 5.75 Å². The number of halogens is 1. The van der Waals surface area contributed by atoms with Gasteiger partial charge in [0, 0.05) is 36.1 Å². The zero-order valence-electron chi connectivity index (χ0n) is 14.0. The number of nitrogens with one attached hydrogen (secondary N) is 1. The van der Waals surface area contributed by atoms with Gasteiger partial charge in [-0.05, 0) is 43.0 Å². The molecule has 3 rings (SSSR count). The van der Waals surface area contributed by atoms with E-state index in [0.29, 0.717) is 29.5 Å². The molecule has 5 nitrogen and oxygen atoms in total. The van der Waals surface area contributed by atoms with Crippen LogP contribution in [-0.2, 0) is 11.4 Å². The second-order valence-electron chi connectivity index (χ2n) is 6.40. The summed E-state index contributed by atoms with van der Waals surface area (Å²) in [5, 5.41) is 3.34. The first-order chi connectivity index (χ1) is 12.1. The Morgan fingerprint density at radius 3 is 2.92 bits per heavy atom. The number of carbonyl (C=O) groups excluding carboxylic acids is 1. The Kier molecular flexibility index (Phi) is 5.89. The van der Waals surface area contributed by atoms with E-state index < -0.39 is 0 Å². The fourth-order valence-electron chi connectivity index (χ4n) is 3.11. The molecule has 2 aromatic rings. The molecular formula is C19H22ClN3O2. The SMILES string of the molecule is N[C@@H]1CCC[C@H]1CC(=O)Nc1ccc(OCc2cccnc2)c(Cl)c1. The summed E-state index contributed by atoms with van der Waals surface area (Å²) in [7, 11) is 0. The molecule has 1 aromatic carbocycles. The van der Waals surface area contributed by atoms with Crippen molar-refractivity contribution >= 4 is 23.2 Å². The van der Waals surface area contributed by atoms with E-state index >= 15 is 0 Å². The van der Waals surface area contributed by atoms with E-state index in [2.05, 4.69) is 10.3 Å². The van der Waals surface area contributed by atoms with Gasteiger partial charge in [-0.25, -0.2) is 0 Å². The Balaban J connectivity index is 1.55. The van der Waals surface area contributed by atoms with Crippen LogP contribution in [0.4, 0.5) is 5.69 Å². The molecule has 0 radical (unpaired) electrons. The van der Waals surface area contributed by atoms with Crippen molar-refractivity contribution < 1.29 is 9.53 Å². The zero-order chi connectivity index (χ0) is 17.6. The number of nitrogens with zero attached hydrogens (tertiary/aromatic N) is 1. The fraction of sp³-hybridized carbons (Fsp3) is 0.368. The van der Waals surface area contributed by atoms with Crippen LogP contribution in [0.2, 0.25) is 5.02 Å². The van der Waals surface area contributed by atoms with Gasteiger partial charge in [0.2, 0.25) is 5.91 Å². The lowest BCUT2D eigenvalue weighted by Crippen LogP contribution is -2.28. The molecule has 1 fully saturated rings. The predicted molar refractivity (Wildman–Crippen MR) is 98.6 cm³/mol. The summed E-state index contributed by atoms with van der Waals surface area (Å²) in [6.07, 6.45) is 7.05. The largest absolute Gasteiger partial charge is 0.487 e. The lowest BCUT2D eigenvalue weighted by Gasteiger charge is -2.15. The Labute approximate surface area is 152 Å². The number of rotatable bonds is 6. The lowest BCUT2D eigenvalue weighted by atomic mass is 10.00. The molecule has 3 N–H and O–H groups in total. The van der Waals surface area contributed by atoms with E-state index in [1.165, 1.54) is 0 Å². The van der Waals surface area contributed by atoms with Crippen LogP contribution < -0.4 is 15.8 Å². The summed E-state index contributed by atoms with van der Waals surface area (Å²) in [6, 6.07) is 9.18. The van der Waals surface area contributed by atoms with Crippen molar-refractivity contribution in [1.82, 2.24) is 4.98 Å². The average Bonchev–Trinajstić information content (AvgIpc) is 3.00. The van der Waals surface area contributed by atoms with Gasteiger partial charge >= 0.3 is 0 Å². The van der Waals surface area contributed by atoms with Crippen molar-refractivity contribution in [3.05, 3.63) is 53.3 Å². The predicted octanol–water partition coefficient (Wildman–Crippen LogP) is 3.77. The van der Waals surface area contributed by atoms with Gasteiger partial charge in [0.1, 0.15) is 12.4 Å². The molecular weight excluding hydrogens is 338 g/mol. The Morgan fingerprint density at radius 1 is 1.36 bits per heavy atom. The summed E-state index contributed by atoms with van der Waals surface area (Å²) >= 11 is 6.26. The van der Waals surface area contributed by atoms with Crippen molar-refractivity contribution in [2.75, 3.05) is 5.32 Å². The minimum Gasteiger partial charge on any atom is -0.487 e. The van der Waals surface area contributed by atoms with Crippen molar-refractivity contribution in [1.29, 1.82) is 0 Å². The monoisotopic (exact) mass is 359 g/mol. The number of aromatic nitrogens is 1. The molecule has 1 aliphatic carbocycles. The topological polar surface area (TPSA) is 77.2 Å². The molecule has 1 amide bonds. The number of hydrogen-bond donors (Lipinski definition) is 2. The van der Waals surface area contributed by atoms with Gasteiger partial charge in [-0.1, -0.05) is 24.1 Å². The summed E-state index contributed by atoms with van der Waals surface area (Å²) in [6.45, 7) is 0.388. The number of pyridine rings is 1. The van der Waals surface area contributed by atoms with Crippen LogP contribution in [0, 0.1) is 5.92 Å². The van der Waals surface area contributed by atoms with Gasteiger partial charge in [0.05, 0.1) is 5.02 Å². The maximum atomic E-state index is 12.2. The minimum absolute atomic E-state index is 0.0255. The molecule has 0 spiro atoms. The highest BCUT2D eigenvalue weighted by Crippen LogP contribution is 2.30. The highest BCUT2D eigenvalue weighted by molar-refractivity contribution is 6.32. The number of ether oxygens (including phenoxy) is 1. The summed E-state index contributed by atoms with van der Waals surface area (Å²) in [4.78, 5) is 16.2. The maximum Gasteiger partial charge on any atom is 0.224 e. The van der Waals surface area contributed by atoms with E-state index in [1.54, 1.807) is 30.6 Å². The molecule has 0 unspecified atom stereocenters. The van der Waals surface area contributed by atoms with Crippen LogP contribution in [0.15, 0.2) is 42.7 Å². The van der Waals surface area contributed by atoms with Crippen LogP contribution in [0.5, 0.6) is 5.75 Å². The van der Waals surface area contributed by atoms with Crippen LogP contribution in [0.3, 0.4) is 0 Å². The number of nitrogens with two attached hydrogens (primary N) is 1. The van der Waals surface area contributed by atoms with Gasteiger partial charge < -0.3 is 15.8 Å². The highest BCUT2D eigenvalue weighted by atomic mass is 35.5. The number of hydrogen-bond acceptors (Lipinski definition) is 4. The van der Waals surface area contributed by atoms with Gasteiger partial charge in [0.25, 0.3) is 0 Å². The van der Waals surface area contributed by atoms with Gasteiger partial charge in [-0.15, -0.1) is 0 Å². The highest BCUT2D eigenvalue weighted by Gasteiger charge is 2.26. The Bertz CT molecular complexity index is 724. The van der Waals surface area contributed by atoms with Crippen molar-refractivity contribution in [2.24, 2.45) is 11.7 Å². The molecule has 1 saturated carbocycles. The first kappa shape index (κ1) is 17.7. The third kappa shape index (κ3) is 4.94. The molecule has 0 bridgehead atoms. The quantitative estimate of drug-likeness (QED) is 0.823. The fourth-order valence-corrected chi connectivity index (χ4v) is 3.34. The number of amides is 1. The number of carbonyl (C=O) groups is 1. The Morgan fingerprint density at radius 2 is 2.24 bits per heavy atom. The summed E-state index contributed by atoms with van der Waals surface area (Å²) in [5.74, 6) is 0.821. The summed E-state index contributed by atoms with van der Waals surface area (Å²) < 4.78 is 5.70. The number of benzene rings is 1. The average molecular weight is 360 g/mol. The van der Waals surface area contributed by atoms with E-state index in [4.69, 9.17) is 22.1 Å².